The van der Waals surface area contributed by atoms with E-state index in [9.17, 15) is 31.7 Å². The van der Waals surface area contributed by atoms with E-state index in [0.717, 1.165) is 12.3 Å². The second kappa shape index (κ2) is 7.82. The van der Waals surface area contributed by atoms with Crippen LogP contribution in [0.5, 0.6) is 5.75 Å². The zero-order valence-electron chi connectivity index (χ0n) is 14.0. The quantitative estimate of drug-likeness (QED) is 0.560. The van der Waals surface area contributed by atoms with Gasteiger partial charge in [-0.1, -0.05) is 12.1 Å². The molecule has 11 heteroatoms. The molecule has 2 aromatic rings. The Balaban J connectivity index is 2.09. The Kier molecular flexibility index (Phi) is 5.94. The molecule has 0 atom stereocenters. The predicted molar refractivity (Wildman–Crippen MR) is 91.5 cm³/mol. The van der Waals surface area contributed by atoms with Gasteiger partial charge in [0.15, 0.2) is 16.4 Å². The molecule has 27 heavy (non-hydrogen) atoms. The average Bonchev–Trinajstić information content (AvgIpc) is 2.57. The second-order valence-electron chi connectivity index (χ2n) is 5.61. The molecule has 0 amide bonds. The maximum absolute atomic E-state index is 12.1. The fraction of sp³-hybridized carbons (Fsp3) is 0.250. The van der Waals surface area contributed by atoms with E-state index in [1.807, 2.05) is 0 Å². The van der Waals surface area contributed by atoms with Crippen molar-refractivity contribution in [3.05, 3.63) is 58.1 Å². The second-order valence-corrected chi connectivity index (χ2v) is 7.63. The number of alkyl halides is 3. The lowest BCUT2D eigenvalue weighted by atomic mass is 10.2. The molecule has 0 saturated carbocycles. The molecule has 0 saturated heterocycles. The number of ether oxygens (including phenoxy) is 1. The molecule has 0 bridgehead atoms. The number of sulfone groups is 1. The lowest BCUT2D eigenvalue weighted by molar-refractivity contribution is -0.384. The first-order valence-electron chi connectivity index (χ1n) is 7.46. The largest absolute Gasteiger partial charge is 0.484 e. The van der Waals surface area contributed by atoms with Crippen molar-refractivity contribution in [2.24, 2.45) is 0 Å². The molecule has 0 spiro atoms. The average molecular weight is 404 g/mol. The van der Waals surface area contributed by atoms with Crippen molar-refractivity contribution in [1.82, 2.24) is 0 Å². The normalized spacial score (nSPS) is 11.9. The van der Waals surface area contributed by atoms with Crippen LogP contribution >= 0.6 is 0 Å². The van der Waals surface area contributed by atoms with Crippen LogP contribution in [0.2, 0.25) is 0 Å². The van der Waals surface area contributed by atoms with Gasteiger partial charge in [-0.2, -0.15) is 13.2 Å². The van der Waals surface area contributed by atoms with Crippen molar-refractivity contribution in [3.8, 4) is 5.75 Å². The van der Waals surface area contributed by atoms with Gasteiger partial charge in [0, 0.05) is 18.9 Å². The number of nitrogens with zero attached hydrogens (tertiary/aromatic N) is 1. The molecule has 1 N–H and O–H groups in total. The molecular weight excluding hydrogens is 389 g/mol. The number of anilines is 1. The molecule has 0 aromatic heterocycles. The molecule has 2 aromatic carbocycles. The van der Waals surface area contributed by atoms with E-state index in [0.29, 0.717) is 5.56 Å². The highest BCUT2D eigenvalue weighted by Crippen LogP contribution is 2.28. The number of hydrogen-bond acceptors (Lipinski definition) is 6. The Labute approximate surface area is 152 Å². The summed E-state index contributed by atoms with van der Waals surface area (Å²) in [5.74, 6) is 0.0413. The van der Waals surface area contributed by atoms with Crippen molar-refractivity contribution in [1.29, 1.82) is 0 Å². The van der Waals surface area contributed by atoms with Gasteiger partial charge in [-0.25, -0.2) is 8.42 Å². The Bertz CT molecular complexity index is 928. The van der Waals surface area contributed by atoms with Gasteiger partial charge in [-0.05, 0) is 29.8 Å². The minimum Gasteiger partial charge on any atom is -0.484 e. The number of halogens is 3. The molecule has 0 heterocycles. The fourth-order valence-corrected chi connectivity index (χ4v) is 2.75. The molecule has 0 unspecified atom stereocenters. The van der Waals surface area contributed by atoms with Crippen molar-refractivity contribution in [3.63, 3.8) is 0 Å². The van der Waals surface area contributed by atoms with Gasteiger partial charge in [0.2, 0.25) is 0 Å². The Morgan fingerprint density at radius 3 is 2.30 bits per heavy atom. The van der Waals surface area contributed by atoms with Crippen molar-refractivity contribution >= 4 is 21.2 Å². The molecular formula is C16H15F3N2O5S. The number of rotatable bonds is 7. The number of hydrogen-bond donors (Lipinski definition) is 1. The first-order chi connectivity index (χ1) is 12.5. The van der Waals surface area contributed by atoms with Gasteiger partial charge in [0.1, 0.15) is 11.4 Å². The highest BCUT2D eigenvalue weighted by Gasteiger charge is 2.28. The van der Waals surface area contributed by atoms with Crippen molar-refractivity contribution in [2.45, 2.75) is 17.6 Å². The maximum atomic E-state index is 12.1. The zero-order chi connectivity index (χ0) is 20.2. The van der Waals surface area contributed by atoms with Gasteiger partial charge in [0.25, 0.3) is 5.69 Å². The number of nitro benzene ring substituents is 1. The molecule has 7 nitrogen and oxygen atoms in total. The van der Waals surface area contributed by atoms with E-state index < -0.39 is 33.2 Å². The summed E-state index contributed by atoms with van der Waals surface area (Å²) >= 11 is 0. The van der Waals surface area contributed by atoms with Crippen LogP contribution in [-0.2, 0) is 16.4 Å². The first kappa shape index (κ1) is 20.5. The standard InChI is InChI=1S/C16H15F3N2O5S/c1-27(24,25)13-6-7-14(15(8-13)21(22)23)20-9-11-2-4-12(5-3-11)26-10-16(17,18)19/h2-8,20H,9-10H2,1H3. The lowest BCUT2D eigenvalue weighted by Gasteiger charge is -2.11. The maximum Gasteiger partial charge on any atom is 0.422 e. The van der Waals surface area contributed by atoms with Gasteiger partial charge in [-0.15, -0.1) is 0 Å². The highest BCUT2D eigenvalue weighted by atomic mass is 32.2. The molecule has 146 valence electrons. The third-order valence-electron chi connectivity index (χ3n) is 3.40. The van der Waals surface area contributed by atoms with Gasteiger partial charge in [0.05, 0.1) is 9.82 Å². The number of benzene rings is 2. The van der Waals surface area contributed by atoms with Crippen LogP contribution < -0.4 is 10.1 Å². The summed E-state index contributed by atoms with van der Waals surface area (Å²) in [5, 5.41) is 14.0. The zero-order valence-corrected chi connectivity index (χ0v) is 14.8. The topological polar surface area (TPSA) is 98.5 Å². The summed E-state index contributed by atoms with van der Waals surface area (Å²) in [6.45, 7) is -1.26. The van der Waals surface area contributed by atoms with E-state index in [1.165, 1.54) is 36.4 Å². The monoisotopic (exact) mass is 404 g/mol. The van der Waals surface area contributed by atoms with E-state index >= 15 is 0 Å². The van der Waals surface area contributed by atoms with Crippen LogP contribution in [0, 0.1) is 10.1 Å². The van der Waals surface area contributed by atoms with E-state index in [2.05, 4.69) is 10.1 Å². The summed E-state index contributed by atoms with van der Waals surface area (Å²) in [4.78, 5) is 10.3. The summed E-state index contributed by atoms with van der Waals surface area (Å²) in [7, 11) is -3.59. The highest BCUT2D eigenvalue weighted by molar-refractivity contribution is 7.90. The molecule has 0 fully saturated rings. The van der Waals surface area contributed by atoms with Gasteiger partial charge < -0.3 is 10.1 Å². The number of nitro groups is 1. The molecule has 2 rings (SSSR count). The summed E-state index contributed by atoms with van der Waals surface area (Å²) in [6.07, 6.45) is -3.49. The van der Waals surface area contributed by atoms with Crippen LogP contribution in [0.4, 0.5) is 24.5 Å². The SMILES string of the molecule is CS(=O)(=O)c1ccc(NCc2ccc(OCC(F)(F)F)cc2)c([N+](=O)[O-])c1. The summed E-state index contributed by atoms with van der Waals surface area (Å²) in [6, 6.07) is 9.22. The molecule has 0 aliphatic heterocycles. The van der Waals surface area contributed by atoms with Crippen LogP contribution in [0.25, 0.3) is 0 Å². The van der Waals surface area contributed by atoms with Gasteiger partial charge >= 0.3 is 6.18 Å². The van der Waals surface area contributed by atoms with Crippen LogP contribution in [-0.4, -0.2) is 32.4 Å². The van der Waals surface area contributed by atoms with E-state index in [4.69, 9.17) is 0 Å². The van der Waals surface area contributed by atoms with Crippen LogP contribution in [0.1, 0.15) is 5.56 Å². The first-order valence-corrected chi connectivity index (χ1v) is 9.36. The Morgan fingerprint density at radius 1 is 1.15 bits per heavy atom. The minimum atomic E-state index is -4.43. The number of nitrogens with one attached hydrogen (secondary N) is 1. The Morgan fingerprint density at radius 2 is 1.78 bits per heavy atom. The van der Waals surface area contributed by atoms with E-state index in [1.54, 1.807) is 0 Å². The fourth-order valence-electron chi connectivity index (χ4n) is 2.11. The van der Waals surface area contributed by atoms with Crippen molar-refractivity contribution < 1.29 is 31.2 Å². The predicted octanol–water partition coefficient (Wildman–Crippen LogP) is 3.55. The lowest BCUT2D eigenvalue weighted by Crippen LogP contribution is -2.19. The van der Waals surface area contributed by atoms with Gasteiger partial charge in [-0.3, -0.25) is 10.1 Å². The summed E-state index contributed by atoms with van der Waals surface area (Å²) < 4.78 is 64.0. The van der Waals surface area contributed by atoms with Crippen molar-refractivity contribution in [2.75, 3.05) is 18.2 Å². The van der Waals surface area contributed by atoms with E-state index in [-0.39, 0.29) is 22.9 Å². The molecule has 0 radical (unpaired) electrons. The molecule has 0 aliphatic carbocycles. The summed E-state index contributed by atoms with van der Waals surface area (Å²) in [5.41, 5.74) is 0.351. The van der Waals surface area contributed by atoms with Crippen LogP contribution in [0.3, 0.4) is 0 Å². The Hall–Kier alpha value is -2.82. The van der Waals surface area contributed by atoms with Crippen LogP contribution in [0.15, 0.2) is 47.4 Å². The minimum absolute atomic E-state index is 0.0413. The molecule has 0 aliphatic rings. The smallest absolute Gasteiger partial charge is 0.422 e. The third kappa shape index (κ3) is 6.13. The third-order valence-corrected chi connectivity index (χ3v) is 4.51.